The van der Waals surface area contributed by atoms with Gasteiger partial charge in [0.05, 0.1) is 12.1 Å². The number of hydrogen-bond donors (Lipinski definition) is 2. The maximum Gasteiger partial charge on any atom is 0.191 e. The van der Waals surface area contributed by atoms with Crippen molar-refractivity contribution in [2.75, 3.05) is 19.7 Å². The molecule has 28 heavy (non-hydrogen) atoms. The molecule has 3 aliphatic rings. The van der Waals surface area contributed by atoms with Crippen LogP contribution in [-0.4, -0.2) is 37.4 Å². The number of hydrogen-bond acceptors (Lipinski definition) is 3. The van der Waals surface area contributed by atoms with E-state index >= 15 is 0 Å². The molecule has 2 atom stereocenters. The van der Waals surface area contributed by atoms with E-state index in [0.29, 0.717) is 6.10 Å². The van der Waals surface area contributed by atoms with Crippen LogP contribution in [-0.2, 0) is 4.74 Å². The number of fused-ring (bicyclic) bond motifs is 1. The minimum Gasteiger partial charge on any atom is -0.487 e. The Hall–Kier alpha value is -1.02. The van der Waals surface area contributed by atoms with E-state index in [-0.39, 0.29) is 35.6 Å². The van der Waals surface area contributed by atoms with E-state index in [0.717, 1.165) is 57.1 Å². The topological polar surface area (TPSA) is 54.9 Å². The Morgan fingerprint density at radius 3 is 2.79 bits per heavy atom. The molecule has 1 spiro atoms. The van der Waals surface area contributed by atoms with Crippen LogP contribution in [0, 0.1) is 0 Å². The first-order chi connectivity index (χ1) is 13.3. The van der Waals surface area contributed by atoms with Crippen LogP contribution >= 0.6 is 24.0 Å². The van der Waals surface area contributed by atoms with E-state index in [1.807, 2.05) is 0 Å². The zero-order chi connectivity index (χ0) is 18.5. The number of guanidine groups is 1. The first-order valence-electron chi connectivity index (χ1n) is 10.7. The molecule has 0 amide bonds. The predicted octanol–water partition coefficient (Wildman–Crippen LogP) is 4.57. The molecule has 0 aromatic heterocycles. The van der Waals surface area contributed by atoms with Crippen molar-refractivity contribution in [1.82, 2.24) is 10.6 Å². The monoisotopic (exact) mass is 499 g/mol. The maximum absolute atomic E-state index is 6.48. The molecule has 4 rings (SSSR count). The summed E-state index contributed by atoms with van der Waals surface area (Å²) in [4.78, 5) is 4.83. The van der Waals surface area contributed by atoms with E-state index in [9.17, 15) is 0 Å². The molecule has 1 aromatic rings. The molecule has 1 saturated carbocycles. The summed E-state index contributed by atoms with van der Waals surface area (Å²) in [7, 11) is 0. The summed E-state index contributed by atoms with van der Waals surface area (Å²) in [6.45, 7) is 4.69. The summed E-state index contributed by atoms with van der Waals surface area (Å²) in [6, 6.07) is 8.72. The van der Waals surface area contributed by atoms with Gasteiger partial charge in [0.1, 0.15) is 11.4 Å². The maximum atomic E-state index is 6.48. The zero-order valence-corrected chi connectivity index (χ0v) is 19.2. The highest BCUT2D eigenvalue weighted by molar-refractivity contribution is 14.0. The van der Waals surface area contributed by atoms with Crippen molar-refractivity contribution >= 4 is 29.9 Å². The van der Waals surface area contributed by atoms with Gasteiger partial charge in [0.25, 0.3) is 0 Å². The zero-order valence-electron chi connectivity index (χ0n) is 16.9. The van der Waals surface area contributed by atoms with E-state index in [4.69, 9.17) is 14.5 Å². The molecule has 2 N–H and O–H groups in total. The van der Waals surface area contributed by atoms with Crippen LogP contribution < -0.4 is 15.4 Å². The number of rotatable bonds is 5. The number of nitrogens with one attached hydrogen (secondary N) is 2. The summed E-state index contributed by atoms with van der Waals surface area (Å²) in [5, 5.41) is 7.13. The van der Waals surface area contributed by atoms with Crippen LogP contribution in [0.15, 0.2) is 29.3 Å². The number of halogens is 1. The smallest absolute Gasteiger partial charge is 0.191 e. The molecule has 5 nitrogen and oxygen atoms in total. The average molecular weight is 499 g/mol. The molecule has 0 radical (unpaired) electrons. The lowest BCUT2D eigenvalue weighted by Crippen LogP contribution is -2.46. The van der Waals surface area contributed by atoms with Gasteiger partial charge in [0, 0.05) is 31.7 Å². The van der Waals surface area contributed by atoms with Crippen molar-refractivity contribution in [3.05, 3.63) is 29.8 Å². The number of benzene rings is 1. The van der Waals surface area contributed by atoms with Gasteiger partial charge in [-0.25, -0.2) is 0 Å². The average Bonchev–Trinajstić information content (AvgIpc) is 3.34. The van der Waals surface area contributed by atoms with E-state index in [2.05, 4.69) is 41.8 Å². The van der Waals surface area contributed by atoms with E-state index < -0.39 is 0 Å². The van der Waals surface area contributed by atoms with Crippen molar-refractivity contribution in [2.45, 2.75) is 76.0 Å². The molecule has 2 aliphatic heterocycles. The van der Waals surface area contributed by atoms with Gasteiger partial charge in [-0.1, -0.05) is 18.2 Å². The first-order valence-corrected chi connectivity index (χ1v) is 10.7. The van der Waals surface area contributed by atoms with Crippen LogP contribution in [0.3, 0.4) is 0 Å². The fourth-order valence-electron chi connectivity index (χ4n) is 4.75. The molecule has 1 aliphatic carbocycles. The van der Waals surface area contributed by atoms with Crippen LogP contribution in [0.1, 0.15) is 69.9 Å². The SMILES string of the molecule is CCNC(=NCCC1CCCO1)NC1CC2(CCCC2)Oc2ccccc21.I. The summed E-state index contributed by atoms with van der Waals surface area (Å²) in [6.07, 6.45) is 9.63. The summed E-state index contributed by atoms with van der Waals surface area (Å²) in [5.41, 5.74) is 1.25. The minimum absolute atomic E-state index is 0. The van der Waals surface area contributed by atoms with Gasteiger partial charge in [-0.15, -0.1) is 24.0 Å². The molecule has 2 unspecified atom stereocenters. The molecule has 156 valence electrons. The van der Waals surface area contributed by atoms with Crippen LogP contribution in [0.25, 0.3) is 0 Å². The summed E-state index contributed by atoms with van der Waals surface area (Å²) >= 11 is 0. The van der Waals surface area contributed by atoms with Crippen LogP contribution in [0.5, 0.6) is 5.75 Å². The predicted molar refractivity (Wildman–Crippen MR) is 124 cm³/mol. The fraction of sp³-hybridized carbons (Fsp3) is 0.682. The van der Waals surface area contributed by atoms with Crippen LogP contribution in [0.2, 0.25) is 0 Å². The van der Waals surface area contributed by atoms with Gasteiger partial charge >= 0.3 is 0 Å². The van der Waals surface area contributed by atoms with E-state index in [1.165, 1.54) is 31.2 Å². The number of nitrogens with zero attached hydrogens (tertiary/aromatic N) is 1. The molecule has 2 fully saturated rings. The molecule has 1 saturated heterocycles. The third kappa shape index (κ3) is 5.12. The standard InChI is InChI=1S/C22H33N3O2.HI/c1-2-23-21(24-14-11-17-8-7-15-26-17)25-19-16-22(12-5-6-13-22)27-20-10-4-3-9-18(19)20;/h3-4,9-10,17,19H,2,5-8,11-16H2,1H3,(H2,23,24,25);1H. The Kier molecular flexibility index (Phi) is 7.85. The molecular formula is C22H34IN3O2. The number of ether oxygens (including phenoxy) is 2. The van der Waals surface area contributed by atoms with Gasteiger partial charge < -0.3 is 20.1 Å². The second-order valence-corrected chi connectivity index (χ2v) is 8.12. The quantitative estimate of drug-likeness (QED) is 0.354. The summed E-state index contributed by atoms with van der Waals surface area (Å²) < 4.78 is 12.2. The van der Waals surface area contributed by atoms with Crippen molar-refractivity contribution in [2.24, 2.45) is 4.99 Å². The normalized spacial score (nSPS) is 25.7. The largest absolute Gasteiger partial charge is 0.487 e. The summed E-state index contributed by atoms with van der Waals surface area (Å²) in [5.74, 6) is 1.95. The molecular weight excluding hydrogens is 465 g/mol. The van der Waals surface area contributed by atoms with Crippen molar-refractivity contribution in [1.29, 1.82) is 0 Å². The van der Waals surface area contributed by atoms with E-state index in [1.54, 1.807) is 0 Å². The van der Waals surface area contributed by atoms with Gasteiger partial charge in [0.2, 0.25) is 0 Å². The molecule has 1 aromatic carbocycles. The van der Waals surface area contributed by atoms with Crippen molar-refractivity contribution < 1.29 is 9.47 Å². The molecule has 6 heteroatoms. The lowest BCUT2D eigenvalue weighted by molar-refractivity contribution is 0.0396. The Labute approximate surface area is 186 Å². The van der Waals surface area contributed by atoms with Gasteiger partial charge in [-0.3, -0.25) is 4.99 Å². The second kappa shape index (κ2) is 10.1. The highest BCUT2D eigenvalue weighted by atomic mass is 127. The Morgan fingerprint density at radius 1 is 1.21 bits per heavy atom. The van der Waals surface area contributed by atoms with Crippen molar-refractivity contribution in [3.8, 4) is 5.75 Å². The molecule has 2 heterocycles. The number of aliphatic imine (C=N–C) groups is 1. The molecule has 0 bridgehead atoms. The first kappa shape index (κ1) is 21.7. The Bertz CT molecular complexity index is 655. The van der Waals surface area contributed by atoms with Gasteiger partial charge in [-0.2, -0.15) is 0 Å². The fourth-order valence-corrected chi connectivity index (χ4v) is 4.75. The third-order valence-electron chi connectivity index (χ3n) is 6.11. The Balaban J connectivity index is 0.00000225. The van der Waals surface area contributed by atoms with Gasteiger partial charge in [-0.05, 0) is 57.9 Å². The number of para-hydroxylation sites is 1. The van der Waals surface area contributed by atoms with Gasteiger partial charge in [0.15, 0.2) is 5.96 Å². The van der Waals surface area contributed by atoms with Crippen LogP contribution in [0.4, 0.5) is 0 Å². The minimum atomic E-state index is 0. The van der Waals surface area contributed by atoms with Crippen molar-refractivity contribution in [3.63, 3.8) is 0 Å². The highest BCUT2D eigenvalue weighted by Gasteiger charge is 2.43. The lowest BCUT2D eigenvalue weighted by atomic mass is 9.86. The highest BCUT2D eigenvalue weighted by Crippen LogP contribution is 2.46. The lowest BCUT2D eigenvalue weighted by Gasteiger charge is -2.40. The third-order valence-corrected chi connectivity index (χ3v) is 6.11. The Morgan fingerprint density at radius 2 is 2.04 bits per heavy atom. The second-order valence-electron chi connectivity index (χ2n) is 8.12.